The number of fused-ring (bicyclic) bond motifs is 1. The topological polar surface area (TPSA) is 80.2 Å². The number of aromatic nitrogens is 1. The van der Waals surface area contributed by atoms with Gasteiger partial charge in [0, 0.05) is 51.3 Å². The van der Waals surface area contributed by atoms with Crippen LogP contribution in [-0.4, -0.2) is 16.4 Å². The molecule has 12 heteroatoms. The van der Waals surface area contributed by atoms with Crippen molar-refractivity contribution in [1.29, 1.82) is 0 Å². The zero-order chi connectivity index (χ0) is 30.5. The third-order valence-electron chi connectivity index (χ3n) is 6.82. The fourth-order valence-electron chi connectivity index (χ4n) is 4.83. The Morgan fingerprint density at radius 2 is 1.69 bits per heavy atom. The fourth-order valence-corrected chi connectivity index (χ4v) is 5.06. The van der Waals surface area contributed by atoms with Crippen molar-refractivity contribution in [2.75, 3.05) is 5.32 Å². The SMILES string of the molecule is CC(C)n1cc(-c2cc(NC(=O)c3cc(F)cc(C(F)(F)F)c3)c3c(c2)C(=O)N[C@@H]3c2cc(F)ccc2Cl)ccc1=O. The second kappa shape index (κ2) is 10.7. The first-order valence-electron chi connectivity index (χ1n) is 12.6. The van der Waals surface area contributed by atoms with E-state index >= 15 is 0 Å². The van der Waals surface area contributed by atoms with Crippen molar-refractivity contribution in [3.8, 4) is 11.1 Å². The van der Waals surface area contributed by atoms with Gasteiger partial charge in [-0.3, -0.25) is 14.4 Å². The number of rotatable bonds is 5. The predicted octanol–water partition coefficient (Wildman–Crippen LogP) is 7.13. The third-order valence-corrected chi connectivity index (χ3v) is 7.17. The predicted molar refractivity (Wildman–Crippen MR) is 147 cm³/mol. The smallest absolute Gasteiger partial charge is 0.341 e. The molecule has 0 spiro atoms. The summed E-state index contributed by atoms with van der Waals surface area (Å²) < 4.78 is 69.7. The van der Waals surface area contributed by atoms with Gasteiger partial charge in [-0.2, -0.15) is 13.2 Å². The summed E-state index contributed by atoms with van der Waals surface area (Å²) in [4.78, 5) is 38.7. The number of carbonyl (C=O) groups is 2. The van der Waals surface area contributed by atoms with E-state index in [1.165, 1.54) is 34.9 Å². The average Bonchev–Trinajstić information content (AvgIpc) is 3.25. The lowest BCUT2D eigenvalue weighted by atomic mass is 9.93. The van der Waals surface area contributed by atoms with Gasteiger partial charge in [-0.05, 0) is 79.6 Å². The number of benzene rings is 3. The Morgan fingerprint density at radius 3 is 2.38 bits per heavy atom. The van der Waals surface area contributed by atoms with Crippen LogP contribution in [0.15, 0.2) is 71.7 Å². The van der Waals surface area contributed by atoms with Crippen molar-refractivity contribution in [1.82, 2.24) is 9.88 Å². The molecule has 2 amide bonds. The number of halogens is 6. The van der Waals surface area contributed by atoms with Crippen molar-refractivity contribution in [2.45, 2.75) is 32.1 Å². The molecule has 0 saturated carbocycles. The molecule has 0 bridgehead atoms. The molecule has 2 heterocycles. The Morgan fingerprint density at radius 1 is 0.952 bits per heavy atom. The second-order valence-electron chi connectivity index (χ2n) is 9.99. The van der Waals surface area contributed by atoms with E-state index in [-0.39, 0.29) is 45.1 Å². The molecule has 0 unspecified atom stereocenters. The van der Waals surface area contributed by atoms with E-state index in [4.69, 9.17) is 11.6 Å². The molecule has 1 atom stereocenters. The van der Waals surface area contributed by atoms with E-state index in [1.807, 2.05) is 0 Å². The molecule has 0 aliphatic carbocycles. The standard InChI is InChI=1S/C30H21ClF5N3O3/c1-14(2)39-13-15(3-6-25(39)40)16-9-22-26(27(38-29(22)42)21-12-19(32)4-5-23(21)31)24(10-16)37-28(41)17-7-18(30(34,35)36)11-20(33)8-17/h3-14,27H,1-2H3,(H,37,41)(H,38,42)/t27-/m1/s1. The summed E-state index contributed by atoms with van der Waals surface area (Å²) in [6.07, 6.45) is -3.34. The molecule has 2 N–H and O–H groups in total. The molecule has 42 heavy (non-hydrogen) atoms. The molecule has 1 aliphatic heterocycles. The molecular weight excluding hydrogens is 581 g/mol. The molecule has 3 aromatic carbocycles. The highest BCUT2D eigenvalue weighted by molar-refractivity contribution is 6.31. The van der Waals surface area contributed by atoms with Crippen LogP contribution in [0.4, 0.5) is 27.6 Å². The largest absolute Gasteiger partial charge is 0.416 e. The zero-order valence-corrected chi connectivity index (χ0v) is 22.7. The number of hydrogen-bond acceptors (Lipinski definition) is 3. The Balaban J connectivity index is 1.69. The van der Waals surface area contributed by atoms with Crippen LogP contribution in [-0.2, 0) is 6.18 Å². The van der Waals surface area contributed by atoms with E-state index in [2.05, 4.69) is 10.6 Å². The van der Waals surface area contributed by atoms with E-state index < -0.39 is 46.8 Å². The van der Waals surface area contributed by atoms with Crippen LogP contribution >= 0.6 is 11.6 Å². The van der Waals surface area contributed by atoms with Crippen LogP contribution < -0.4 is 16.2 Å². The van der Waals surface area contributed by atoms with Gasteiger partial charge in [-0.1, -0.05) is 11.6 Å². The first kappa shape index (κ1) is 29.0. The number of alkyl halides is 3. The van der Waals surface area contributed by atoms with Crippen molar-refractivity contribution in [2.24, 2.45) is 0 Å². The van der Waals surface area contributed by atoms with Crippen LogP contribution in [0, 0.1) is 11.6 Å². The van der Waals surface area contributed by atoms with Gasteiger partial charge in [-0.15, -0.1) is 0 Å². The number of pyridine rings is 1. The summed E-state index contributed by atoms with van der Waals surface area (Å²) in [6.45, 7) is 3.60. The molecule has 0 saturated heterocycles. The van der Waals surface area contributed by atoms with Crippen LogP contribution in [0.1, 0.15) is 63.3 Å². The summed E-state index contributed by atoms with van der Waals surface area (Å²) >= 11 is 6.33. The summed E-state index contributed by atoms with van der Waals surface area (Å²) in [5, 5.41) is 5.33. The first-order valence-corrected chi connectivity index (χ1v) is 13.0. The van der Waals surface area contributed by atoms with E-state index in [0.717, 1.165) is 12.1 Å². The van der Waals surface area contributed by atoms with E-state index in [0.29, 0.717) is 23.3 Å². The maximum atomic E-state index is 14.2. The van der Waals surface area contributed by atoms with Crippen LogP contribution in [0.25, 0.3) is 11.1 Å². The minimum Gasteiger partial charge on any atom is -0.341 e. The van der Waals surface area contributed by atoms with Gasteiger partial charge < -0.3 is 15.2 Å². The number of anilines is 1. The van der Waals surface area contributed by atoms with Gasteiger partial charge in [0.05, 0.1) is 11.6 Å². The number of amides is 2. The summed E-state index contributed by atoms with van der Waals surface area (Å²) in [5.41, 5.74) is -0.965. The first-order chi connectivity index (χ1) is 19.7. The molecule has 6 nitrogen and oxygen atoms in total. The van der Waals surface area contributed by atoms with Gasteiger partial charge in [0.25, 0.3) is 17.4 Å². The lowest BCUT2D eigenvalue weighted by molar-refractivity contribution is -0.137. The van der Waals surface area contributed by atoms with Gasteiger partial charge in [0.1, 0.15) is 11.6 Å². The number of hydrogen-bond donors (Lipinski definition) is 2. The third kappa shape index (κ3) is 5.52. The molecule has 1 aliphatic rings. The van der Waals surface area contributed by atoms with Crippen LogP contribution in [0.3, 0.4) is 0 Å². The number of carbonyl (C=O) groups excluding carboxylic acids is 2. The monoisotopic (exact) mass is 601 g/mol. The Labute approximate surface area is 240 Å². The highest BCUT2D eigenvalue weighted by Crippen LogP contribution is 2.42. The summed E-state index contributed by atoms with van der Waals surface area (Å²) in [7, 11) is 0. The average molecular weight is 602 g/mol. The minimum atomic E-state index is -4.91. The summed E-state index contributed by atoms with van der Waals surface area (Å²) in [6, 6.07) is 9.55. The molecule has 4 aromatic rings. The van der Waals surface area contributed by atoms with Crippen molar-refractivity contribution in [3.05, 3.63) is 122 Å². The van der Waals surface area contributed by atoms with Crippen molar-refractivity contribution < 1.29 is 31.5 Å². The molecule has 5 rings (SSSR count). The van der Waals surface area contributed by atoms with E-state index in [1.54, 1.807) is 20.0 Å². The fraction of sp³-hybridized carbons (Fsp3) is 0.167. The quantitative estimate of drug-likeness (QED) is 0.239. The normalized spacial score (nSPS) is 14.6. The zero-order valence-electron chi connectivity index (χ0n) is 21.9. The molecule has 0 fully saturated rings. The van der Waals surface area contributed by atoms with Crippen molar-refractivity contribution in [3.63, 3.8) is 0 Å². The maximum Gasteiger partial charge on any atom is 0.416 e. The molecule has 216 valence electrons. The Hall–Kier alpha value is -4.51. The lowest BCUT2D eigenvalue weighted by Crippen LogP contribution is -2.21. The minimum absolute atomic E-state index is 0.0173. The Bertz CT molecular complexity index is 1820. The Kier molecular flexibility index (Phi) is 7.40. The van der Waals surface area contributed by atoms with Gasteiger partial charge >= 0.3 is 6.18 Å². The maximum absolute atomic E-state index is 14.2. The summed E-state index contributed by atoms with van der Waals surface area (Å²) in [5.74, 6) is -3.59. The van der Waals surface area contributed by atoms with E-state index in [9.17, 15) is 36.3 Å². The highest BCUT2D eigenvalue weighted by atomic mass is 35.5. The van der Waals surface area contributed by atoms with Gasteiger partial charge in [-0.25, -0.2) is 8.78 Å². The highest BCUT2D eigenvalue weighted by Gasteiger charge is 2.36. The van der Waals surface area contributed by atoms with Gasteiger partial charge in [0.15, 0.2) is 0 Å². The van der Waals surface area contributed by atoms with Gasteiger partial charge in [0.2, 0.25) is 0 Å². The second-order valence-corrected chi connectivity index (χ2v) is 10.4. The van der Waals surface area contributed by atoms with Crippen LogP contribution in [0.5, 0.6) is 0 Å². The number of nitrogens with zero attached hydrogens (tertiary/aromatic N) is 1. The molecule has 1 aromatic heterocycles. The number of nitrogens with one attached hydrogen (secondary N) is 2. The van der Waals surface area contributed by atoms with Crippen LogP contribution in [0.2, 0.25) is 5.02 Å². The van der Waals surface area contributed by atoms with Crippen molar-refractivity contribution >= 4 is 29.1 Å². The molecular formula is C30H21ClF5N3O3. The lowest BCUT2D eigenvalue weighted by Gasteiger charge is -2.19. The molecule has 0 radical (unpaired) electrons.